The van der Waals surface area contributed by atoms with Crippen LogP contribution in [0.25, 0.3) is 0 Å². The number of hydrogen-bond acceptors (Lipinski definition) is 5. The predicted molar refractivity (Wildman–Crippen MR) is 114 cm³/mol. The highest BCUT2D eigenvalue weighted by molar-refractivity contribution is 7.99. The molecule has 0 aromatic carbocycles. The Kier molecular flexibility index (Phi) is 8.55. The van der Waals surface area contributed by atoms with Crippen LogP contribution in [-0.2, 0) is 9.47 Å². The van der Waals surface area contributed by atoms with Gasteiger partial charge in [-0.15, -0.1) is 0 Å². The van der Waals surface area contributed by atoms with E-state index in [1.165, 1.54) is 37.2 Å². The SMILES string of the molecule is CCNC(=NCC1(N2CCOCC2)CCSC1)N(C)CCC1CCOCC1. The highest BCUT2D eigenvalue weighted by Crippen LogP contribution is 2.34. The summed E-state index contributed by atoms with van der Waals surface area (Å²) in [5.74, 6) is 4.31. The number of guanidine groups is 1. The van der Waals surface area contributed by atoms with Crippen molar-refractivity contribution in [3.05, 3.63) is 0 Å². The highest BCUT2D eigenvalue weighted by Gasteiger charge is 2.40. The first-order valence-corrected chi connectivity index (χ1v) is 11.9. The molecule has 0 bridgehead atoms. The summed E-state index contributed by atoms with van der Waals surface area (Å²) in [5.41, 5.74) is 0.219. The van der Waals surface area contributed by atoms with E-state index < -0.39 is 0 Å². The second-order valence-corrected chi connectivity index (χ2v) is 9.17. The number of morpholine rings is 1. The van der Waals surface area contributed by atoms with E-state index in [9.17, 15) is 0 Å². The number of nitrogens with one attached hydrogen (secondary N) is 1. The fourth-order valence-electron chi connectivity index (χ4n) is 4.32. The Morgan fingerprint density at radius 3 is 2.63 bits per heavy atom. The maximum absolute atomic E-state index is 5.58. The van der Waals surface area contributed by atoms with Gasteiger partial charge < -0.3 is 19.7 Å². The molecule has 0 radical (unpaired) electrons. The van der Waals surface area contributed by atoms with Crippen molar-refractivity contribution in [2.75, 3.05) is 77.7 Å². The molecule has 27 heavy (non-hydrogen) atoms. The van der Waals surface area contributed by atoms with Crippen LogP contribution in [0.5, 0.6) is 0 Å². The molecule has 3 rings (SSSR count). The van der Waals surface area contributed by atoms with Crippen molar-refractivity contribution in [3.8, 4) is 0 Å². The molecular weight excluding hydrogens is 360 g/mol. The minimum atomic E-state index is 0.219. The van der Waals surface area contributed by atoms with Crippen molar-refractivity contribution in [3.63, 3.8) is 0 Å². The summed E-state index contributed by atoms with van der Waals surface area (Å²) in [4.78, 5) is 10.1. The summed E-state index contributed by atoms with van der Waals surface area (Å²) in [7, 11) is 2.19. The molecule has 156 valence electrons. The number of thioether (sulfide) groups is 1. The standard InChI is InChI=1S/C20H38N4O2S/c1-3-21-19(23(2)8-4-18-5-11-25-12-6-18)22-16-20(7-15-27-17-20)24-9-13-26-14-10-24/h18H,3-17H2,1-2H3,(H,21,22). The normalized spacial score (nSPS) is 28.4. The van der Waals surface area contributed by atoms with Gasteiger partial charge in [-0.25, -0.2) is 0 Å². The lowest BCUT2D eigenvalue weighted by Crippen LogP contribution is -2.56. The molecule has 0 spiro atoms. The van der Waals surface area contributed by atoms with Crippen molar-refractivity contribution in [2.45, 2.75) is 38.1 Å². The summed E-state index contributed by atoms with van der Waals surface area (Å²) in [6, 6.07) is 0. The molecule has 0 aliphatic carbocycles. The quantitative estimate of drug-likeness (QED) is 0.522. The third kappa shape index (κ3) is 5.99. The average Bonchev–Trinajstić information content (AvgIpc) is 3.21. The second-order valence-electron chi connectivity index (χ2n) is 8.06. The van der Waals surface area contributed by atoms with E-state index in [1.807, 2.05) is 0 Å². The van der Waals surface area contributed by atoms with Crippen molar-refractivity contribution in [1.82, 2.24) is 15.1 Å². The molecule has 3 aliphatic rings. The highest BCUT2D eigenvalue weighted by atomic mass is 32.2. The molecule has 1 atom stereocenters. The van der Waals surface area contributed by atoms with Crippen LogP contribution in [0.4, 0.5) is 0 Å². The van der Waals surface area contributed by atoms with Crippen LogP contribution in [0.3, 0.4) is 0 Å². The van der Waals surface area contributed by atoms with Crippen LogP contribution in [0.2, 0.25) is 0 Å². The summed E-state index contributed by atoms with van der Waals surface area (Å²) in [5, 5.41) is 3.52. The van der Waals surface area contributed by atoms with Crippen molar-refractivity contribution in [1.29, 1.82) is 0 Å². The summed E-state index contributed by atoms with van der Waals surface area (Å²) < 4.78 is 11.1. The van der Waals surface area contributed by atoms with Gasteiger partial charge in [-0.2, -0.15) is 11.8 Å². The van der Waals surface area contributed by atoms with E-state index in [1.54, 1.807) is 0 Å². The number of rotatable bonds is 7. The van der Waals surface area contributed by atoms with Gasteiger partial charge in [0.1, 0.15) is 0 Å². The number of nitrogens with zero attached hydrogens (tertiary/aromatic N) is 3. The van der Waals surface area contributed by atoms with Gasteiger partial charge in [0.05, 0.1) is 25.3 Å². The fourth-order valence-corrected chi connectivity index (χ4v) is 5.78. The first-order valence-electron chi connectivity index (χ1n) is 10.7. The van der Waals surface area contributed by atoms with Crippen LogP contribution in [-0.4, -0.2) is 99.0 Å². The molecule has 3 saturated heterocycles. The Morgan fingerprint density at radius 1 is 1.22 bits per heavy atom. The zero-order valence-electron chi connectivity index (χ0n) is 17.3. The molecule has 3 aliphatic heterocycles. The molecule has 0 aromatic rings. The molecule has 0 saturated carbocycles. The fraction of sp³-hybridized carbons (Fsp3) is 0.950. The maximum Gasteiger partial charge on any atom is 0.193 e. The summed E-state index contributed by atoms with van der Waals surface area (Å²) in [6.45, 7) is 10.7. The Bertz CT molecular complexity index is 459. The van der Waals surface area contributed by atoms with Gasteiger partial charge in [0.2, 0.25) is 0 Å². The van der Waals surface area contributed by atoms with Crippen LogP contribution < -0.4 is 5.32 Å². The average molecular weight is 399 g/mol. The zero-order chi connectivity index (χ0) is 19.0. The van der Waals surface area contributed by atoms with Crippen molar-refractivity contribution >= 4 is 17.7 Å². The van der Waals surface area contributed by atoms with E-state index >= 15 is 0 Å². The molecule has 6 nitrogen and oxygen atoms in total. The third-order valence-corrected chi connectivity index (χ3v) is 7.43. The Balaban J connectivity index is 1.58. The van der Waals surface area contributed by atoms with Gasteiger partial charge in [0, 0.05) is 52.2 Å². The maximum atomic E-state index is 5.58. The predicted octanol–water partition coefficient (Wildman–Crippen LogP) is 1.91. The van der Waals surface area contributed by atoms with Crippen LogP contribution in [0.1, 0.15) is 32.6 Å². The van der Waals surface area contributed by atoms with Gasteiger partial charge in [-0.1, -0.05) is 0 Å². The topological polar surface area (TPSA) is 49.3 Å². The number of ether oxygens (including phenoxy) is 2. The van der Waals surface area contributed by atoms with Crippen molar-refractivity contribution < 1.29 is 9.47 Å². The lowest BCUT2D eigenvalue weighted by Gasteiger charge is -2.42. The smallest absolute Gasteiger partial charge is 0.193 e. The molecule has 0 aromatic heterocycles. The minimum Gasteiger partial charge on any atom is -0.381 e. The monoisotopic (exact) mass is 398 g/mol. The van der Waals surface area contributed by atoms with Gasteiger partial charge in [0.25, 0.3) is 0 Å². The Hall–Kier alpha value is -0.500. The molecule has 3 fully saturated rings. The molecular formula is C20H38N4O2S. The number of aliphatic imine (C=N–C) groups is 1. The van der Waals surface area contributed by atoms with E-state index in [4.69, 9.17) is 14.5 Å². The Labute approximate surface area is 169 Å². The summed E-state index contributed by atoms with van der Waals surface area (Å²) in [6.07, 6.45) is 4.89. The first kappa shape index (κ1) is 21.2. The van der Waals surface area contributed by atoms with E-state index in [0.29, 0.717) is 0 Å². The van der Waals surface area contributed by atoms with Gasteiger partial charge in [-0.3, -0.25) is 9.89 Å². The molecule has 7 heteroatoms. The summed E-state index contributed by atoms with van der Waals surface area (Å²) >= 11 is 2.08. The molecule has 1 unspecified atom stereocenters. The van der Waals surface area contributed by atoms with E-state index in [-0.39, 0.29) is 5.54 Å². The second kappa shape index (κ2) is 10.9. The van der Waals surface area contributed by atoms with Crippen LogP contribution in [0.15, 0.2) is 4.99 Å². The molecule has 1 N–H and O–H groups in total. The van der Waals surface area contributed by atoms with E-state index in [0.717, 1.165) is 71.0 Å². The first-order chi connectivity index (χ1) is 13.2. The van der Waals surface area contributed by atoms with Crippen LogP contribution >= 0.6 is 11.8 Å². The van der Waals surface area contributed by atoms with Crippen LogP contribution in [0, 0.1) is 5.92 Å². The largest absolute Gasteiger partial charge is 0.381 e. The molecule has 3 heterocycles. The van der Waals surface area contributed by atoms with Crippen molar-refractivity contribution in [2.24, 2.45) is 10.9 Å². The van der Waals surface area contributed by atoms with Gasteiger partial charge in [0.15, 0.2) is 5.96 Å². The number of hydrogen-bond donors (Lipinski definition) is 1. The van der Waals surface area contributed by atoms with Gasteiger partial charge >= 0.3 is 0 Å². The minimum absolute atomic E-state index is 0.219. The lowest BCUT2D eigenvalue weighted by atomic mass is 9.96. The molecule has 0 amide bonds. The lowest BCUT2D eigenvalue weighted by molar-refractivity contribution is -0.0105. The third-order valence-electron chi connectivity index (χ3n) is 6.20. The van der Waals surface area contributed by atoms with E-state index in [2.05, 4.69) is 40.8 Å². The zero-order valence-corrected chi connectivity index (χ0v) is 18.1. The Morgan fingerprint density at radius 2 is 1.96 bits per heavy atom. The van der Waals surface area contributed by atoms with Gasteiger partial charge in [-0.05, 0) is 44.3 Å².